The summed E-state index contributed by atoms with van der Waals surface area (Å²) in [7, 11) is 0. The molecule has 10 nitrogen and oxygen atoms in total. The van der Waals surface area contributed by atoms with Crippen molar-refractivity contribution in [2.75, 3.05) is 0 Å². The first kappa shape index (κ1) is 20.2. The maximum absolute atomic E-state index is 12.4. The van der Waals surface area contributed by atoms with Gasteiger partial charge in [-0.05, 0) is 52.8 Å². The minimum Gasteiger partial charge on any atom is -0.502 e. The van der Waals surface area contributed by atoms with Crippen molar-refractivity contribution in [3.63, 3.8) is 0 Å². The molecule has 0 bridgehead atoms. The maximum atomic E-state index is 12.4. The standard InChI is InChI=1S/C16H11IN2O8/c1-8(21)16(7-20,9-2-3-14(22)12(5-9)18(24)25)10-4-11(17)15(23)13(6-10)19(26)27/h2-7,22-23H,1H3. The van der Waals surface area contributed by atoms with Gasteiger partial charge in [0.2, 0.25) is 5.75 Å². The average molecular weight is 486 g/mol. The number of benzene rings is 2. The van der Waals surface area contributed by atoms with E-state index >= 15 is 0 Å². The number of hydrogen-bond acceptors (Lipinski definition) is 8. The first-order valence-electron chi connectivity index (χ1n) is 7.18. The highest BCUT2D eigenvalue weighted by Crippen LogP contribution is 2.41. The Morgan fingerprint density at radius 2 is 1.63 bits per heavy atom. The van der Waals surface area contributed by atoms with Crippen LogP contribution in [0, 0.1) is 23.8 Å². The SMILES string of the molecule is CC(=O)C(C=O)(c1ccc(O)c([N+](=O)[O-])c1)c1cc(I)c(O)c([N+](=O)[O-])c1. The number of Topliss-reactive ketones (excluding diaryl/α,β-unsaturated/α-hetero) is 1. The number of aldehydes is 1. The van der Waals surface area contributed by atoms with Gasteiger partial charge in [0.15, 0.2) is 11.5 Å². The lowest BCUT2D eigenvalue weighted by molar-refractivity contribution is -0.386. The number of carbonyl (C=O) groups is 2. The molecule has 2 aromatic carbocycles. The van der Waals surface area contributed by atoms with Crippen molar-refractivity contribution in [2.24, 2.45) is 0 Å². The Labute approximate surface area is 164 Å². The van der Waals surface area contributed by atoms with E-state index in [0.29, 0.717) is 0 Å². The molecule has 0 aliphatic heterocycles. The van der Waals surface area contributed by atoms with Crippen LogP contribution in [-0.2, 0) is 15.0 Å². The van der Waals surface area contributed by atoms with Gasteiger partial charge in [0.05, 0.1) is 13.4 Å². The van der Waals surface area contributed by atoms with E-state index in [0.717, 1.165) is 31.2 Å². The number of ketones is 1. The van der Waals surface area contributed by atoms with Crippen LogP contribution in [-0.4, -0.2) is 32.1 Å². The predicted molar refractivity (Wildman–Crippen MR) is 99.8 cm³/mol. The molecule has 1 unspecified atom stereocenters. The zero-order chi connectivity index (χ0) is 20.5. The highest BCUT2D eigenvalue weighted by molar-refractivity contribution is 14.1. The summed E-state index contributed by atoms with van der Waals surface area (Å²) < 4.78 is 0.0116. The molecule has 0 saturated heterocycles. The monoisotopic (exact) mass is 486 g/mol. The van der Waals surface area contributed by atoms with Crippen LogP contribution in [0.25, 0.3) is 0 Å². The number of phenolic OH excluding ortho intramolecular Hbond substituents is 2. The van der Waals surface area contributed by atoms with E-state index < -0.39 is 43.9 Å². The molecule has 0 aliphatic carbocycles. The van der Waals surface area contributed by atoms with Crippen molar-refractivity contribution in [1.29, 1.82) is 0 Å². The fraction of sp³-hybridized carbons (Fsp3) is 0.125. The van der Waals surface area contributed by atoms with Gasteiger partial charge in [-0.2, -0.15) is 0 Å². The summed E-state index contributed by atoms with van der Waals surface area (Å²) in [5.41, 5.74) is -3.85. The van der Waals surface area contributed by atoms with E-state index in [1.54, 1.807) is 22.6 Å². The molecule has 1 atom stereocenters. The number of phenols is 2. The number of rotatable bonds is 6. The van der Waals surface area contributed by atoms with Crippen molar-refractivity contribution >= 4 is 46.0 Å². The molecule has 0 radical (unpaired) electrons. The second-order valence-corrected chi connectivity index (χ2v) is 6.69. The van der Waals surface area contributed by atoms with Gasteiger partial charge in [0, 0.05) is 12.1 Å². The van der Waals surface area contributed by atoms with E-state index in [-0.39, 0.29) is 21.0 Å². The normalized spacial score (nSPS) is 12.8. The molecule has 0 aliphatic rings. The van der Waals surface area contributed by atoms with E-state index in [2.05, 4.69) is 0 Å². The van der Waals surface area contributed by atoms with Gasteiger partial charge in [0.25, 0.3) is 0 Å². The smallest absolute Gasteiger partial charge is 0.312 e. The number of hydrogen-bond donors (Lipinski definition) is 2. The molecule has 0 amide bonds. The minimum absolute atomic E-state index is 0.0116. The Morgan fingerprint density at radius 3 is 2.11 bits per heavy atom. The number of nitro benzene ring substituents is 2. The van der Waals surface area contributed by atoms with E-state index in [4.69, 9.17) is 0 Å². The number of carbonyl (C=O) groups excluding carboxylic acids is 2. The average Bonchev–Trinajstić information content (AvgIpc) is 2.59. The summed E-state index contributed by atoms with van der Waals surface area (Å²) >= 11 is 1.60. The van der Waals surface area contributed by atoms with Crippen LogP contribution in [0.2, 0.25) is 0 Å². The molecular formula is C16H11IN2O8. The molecule has 2 aromatic rings. The largest absolute Gasteiger partial charge is 0.502 e. The molecule has 0 fully saturated rings. The third-order valence-electron chi connectivity index (χ3n) is 4.05. The summed E-state index contributed by atoms with van der Waals surface area (Å²) in [5.74, 6) is -2.06. The van der Waals surface area contributed by atoms with E-state index in [1.807, 2.05) is 0 Å². The zero-order valence-electron chi connectivity index (χ0n) is 13.6. The Kier molecular flexibility index (Phi) is 5.44. The van der Waals surface area contributed by atoms with Crippen molar-refractivity contribution < 1.29 is 29.6 Å². The van der Waals surface area contributed by atoms with Gasteiger partial charge in [-0.3, -0.25) is 25.0 Å². The van der Waals surface area contributed by atoms with Crippen LogP contribution in [0.15, 0.2) is 30.3 Å². The quantitative estimate of drug-likeness (QED) is 0.207. The number of nitrogens with zero attached hydrogens (tertiary/aromatic N) is 2. The predicted octanol–water partition coefficient (Wildman–Crippen LogP) is 2.59. The lowest BCUT2D eigenvalue weighted by atomic mass is 9.72. The van der Waals surface area contributed by atoms with Crippen LogP contribution >= 0.6 is 22.6 Å². The molecule has 140 valence electrons. The maximum Gasteiger partial charge on any atom is 0.312 e. The summed E-state index contributed by atoms with van der Waals surface area (Å²) in [6.07, 6.45) is 0.220. The third kappa shape index (κ3) is 3.32. The van der Waals surface area contributed by atoms with E-state index in [1.165, 1.54) is 6.07 Å². The number of halogens is 1. The second kappa shape index (κ2) is 7.26. The van der Waals surface area contributed by atoms with Gasteiger partial charge in [0.1, 0.15) is 11.7 Å². The topological polar surface area (TPSA) is 161 Å². The fourth-order valence-electron chi connectivity index (χ4n) is 2.66. The molecule has 0 saturated carbocycles. The lowest BCUT2D eigenvalue weighted by Gasteiger charge is -2.26. The highest BCUT2D eigenvalue weighted by Gasteiger charge is 2.42. The van der Waals surface area contributed by atoms with Crippen molar-refractivity contribution in [2.45, 2.75) is 12.3 Å². The Balaban J connectivity index is 2.90. The summed E-state index contributed by atoms with van der Waals surface area (Å²) in [6, 6.07) is 5.03. The molecule has 0 aromatic heterocycles. The van der Waals surface area contributed by atoms with Gasteiger partial charge >= 0.3 is 11.4 Å². The van der Waals surface area contributed by atoms with Gasteiger partial charge in [-0.15, -0.1) is 0 Å². The van der Waals surface area contributed by atoms with Crippen molar-refractivity contribution in [1.82, 2.24) is 0 Å². The Hall–Kier alpha value is -3.09. The molecular weight excluding hydrogens is 475 g/mol. The fourth-order valence-corrected chi connectivity index (χ4v) is 3.27. The Bertz CT molecular complexity index is 991. The number of nitro groups is 2. The van der Waals surface area contributed by atoms with Crippen LogP contribution in [0.5, 0.6) is 11.5 Å². The minimum atomic E-state index is -2.10. The van der Waals surface area contributed by atoms with Crippen LogP contribution in [0.1, 0.15) is 18.1 Å². The summed E-state index contributed by atoms with van der Waals surface area (Å²) in [6.45, 7) is 1.05. The molecule has 0 heterocycles. The second-order valence-electron chi connectivity index (χ2n) is 5.53. The van der Waals surface area contributed by atoms with Crippen molar-refractivity contribution in [3.05, 3.63) is 65.3 Å². The highest BCUT2D eigenvalue weighted by atomic mass is 127. The molecule has 27 heavy (non-hydrogen) atoms. The van der Waals surface area contributed by atoms with Gasteiger partial charge < -0.3 is 15.0 Å². The van der Waals surface area contributed by atoms with E-state index in [9.17, 15) is 40.0 Å². The van der Waals surface area contributed by atoms with Gasteiger partial charge in [-0.1, -0.05) is 6.07 Å². The van der Waals surface area contributed by atoms with Crippen LogP contribution in [0.4, 0.5) is 11.4 Å². The van der Waals surface area contributed by atoms with Crippen LogP contribution in [0.3, 0.4) is 0 Å². The van der Waals surface area contributed by atoms with Crippen molar-refractivity contribution in [3.8, 4) is 11.5 Å². The third-order valence-corrected chi connectivity index (χ3v) is 4.88. The summed E-state index contributed by atoms with van der Waals surface area (Å²) in [5, 5.41) is 41.7. The molecule has 0 spiro atoms. The Morgan fingerprint density at radius 1 is 1.07 bits per heavy atom. The molecule has 2 rings (SSSR count). The first-order valence-corrected chi connectivity index (χ1v) is 8.26. The number of aromatic hydroxyl groups is 2. The first-order chi connectivity index (χ1) is 12.6. The summed E-state index contributed by atoms with van der Waals surface area (Å²) in [4.78, 5) is 45.0. The molecule has 2 N–H and O–H groups in total. The zero-order valence-corrected chi connectivity index (χ0v) is 15.7. The molecule has 11 heteroatoms. The van der Waals surface area contributed by atoms with Crippen LogP contribution < -0.4 is 0 Å². The lowest BCUT2D eigenvalue weighted by Crippen LogP contribution is -2.37. The van der Waals surface area contributed by atoms with Gasteiger partial charge in [-0.25, -0.2) is 0 Å².